The number of β-amino-alcohol motifs (C(OH)–C–C–N with tert-alkyl or cyclic N) is 1. The first-order chi connectivity index (χ1) is 17.4. The van der Waals surface area contributed by atoms with Crippen LogP contribution in [0.2, 0.25) is 0 Å². The van der Waals surface area contributed by atoms with Gasteiger partial charge in [-0.3, -0.25) is 9.59 Å². The van der Waals surface area contributed by atoms with E-state index in [2.05, 4.69) is 15.4 Å². The number of nitrogens with two attached hydrogens (primary N) is 1. The third-order valence-electron chi connectivity index (χ3n) is 5.92. The van der Waals surface area contributed by atoms with Gasteiger partial charge in [0.05, 0.1) is 29.0 Å². The summed E-state index contributed by atoms with van der Waals surface area (Å²) in [5, 5.41) is 27.0. The Kier molecular flexibility index (Phi) is 5.93. The van der Waals surface area contributed by atoms with Crippen LogP contribution in [0, 0.1) is 11.6 Å². The fraction of sp³-hybridized carbons (Fsp3) is 0.250. The Labute approximate surface area is 213 Å². The Bertz CT molecular complexity index is 1530. The van der Waals surface area contributed by atoms with Crippen LogP contribution in [-0.4, -0.2) is 60.7 Å². The summed E-state index contributed by atoms with van der Waals surface area (Å²) in [5.41, 5.74) is 4.34. The molecule has 1 aromatic carbocycles. The molecule has 5 rings (SSSR count). The van der Waals surface area contributed by atoms with Gasteiger partial charge < -0.3 is 26.2 Å². The average molecular weight is 529 g/mol. The number of thiophene rings is 1. The van der Waals surface area contributed by atoms with Crippen molar-refractivity contribution in [1.82, 2.24) is 19.5 Å². The van der Waals surface area contributed by atoms with Gasteiger partial charge in [-0.1, -0.05) is 0 Å². The molecule has 0 atom stereocenters. The number of primary amides is 1. The quantitative estimate of drug-likeness (QED) is 0.301. The molecule has 37 heavy (non-hydrogen) atoms. The summed E-state index contributed by atoms with van der Waals surface area (Å²) in [6.45, 7) is 3.31. The maximum Gasteiger partial charge on any atom is 0.274 e. The summed E-state index contributed by atoms with van der Waals surface area (Å²) < 4.78 is 31.2. The van der Waals surface area contributed by atoms with E-state index in [1.54, 1.807) is 12.1 Å². The fourth-order valence-corrected chi connectivity index (χ4v) is 5.02. The summed E-state index contributed by atoms with van der Waals surface area (Å²) in [7, 11) is 0. The van der Waals surface area contributed by atoms with Gasteiger partial charge in [-0.15, -0.1) is 16.4 Å². The number of aliphatic hydroxyl groups excluding tert-OH is 1. The smallest absolute Gasteiger partial charge is 0.274 e. The van der Waals surface area contributed by atoms with Crippen molar-refractivity contribution in [2.75, 3.05) is 18.4 Å². The summed E-state index contributed by atoms with van der Waals surface area (Å²) >= 11 is 0.904. The zero-order valence-electron chi connectivity index (χ0n) is 19.7. The Morgan fingerprint density at radius 3 is 2.46 bits per heavy atom. The molecule has 0 aliphatic carbocycles. The average Bonchev–Trinajstić information content (AvgIpc) is 3.39. The molecule has 4 heterocycles. The van der Waals surface area contributed by atoms with Crippen molar-refractivity contribution in [1.29, 1.82) is 0 Å². The van der Waals surface area contributed by atoms with Gasteiger partial charge >= 0.3 is 0 Å². The number of aromatic nitrogens is 3. The zero-order valence-corrected chi connectivity index (χ0v) is 20.5. The number of benzene rings is 1. The standard InChI is InChI=1S/C24H22F2N6O4S/c1-24(2,36)11-5-14(25)20(15(26)6-11)17-7-13(21(27)34)22(37-17)29-18-3-4-19-28-16(10-32(19)30-18)23(35)31-8-12(33)9-31/h3-7,10,12,33,36H,8-9H2,1-2H3,(H2,27,34)(H,29,30). The summed E-state index contributed by atoms with van der Waals surface area (Å²) in [4.78, 5) is 30.4. The van der Waals surface area contributed by atoms with Crippen molar-refractivity contribution in [2.45, 2.75) is 25.6 Å². The number of nitrogens with one attached hydrogen (secondary N) is 1. The lowest BCUT2D eigenvalue weighted by Crippen LogP contribution is -2.53. The van der Waals surface area contributed by atoms with Crippen LogP contribution in [-0.2, 0) is 5.60 Å². The number of amides is 2. The van der Waals surface area contributed by atoms with E-state index in [0.717, 1.165) is 23.5 Å². The Morgan fingerprint density at radius 2 is 1.86 bits per heavy atom. The second-order valence-corrected chi connectivity index (χ2v) is 10.3. The summed E-state index contributed by atoms with van der Waals surface area (Å²) in [6, 6.07) is 6.54. The maximum absolute atomic E-state index is 14.9. The van der Waals surface area contributed by atoms with Crippen LogP contribution in [0.25, 0.3) is 16.1 Å². The van der Waals surface area contributed by atoms with E-state index in [9.17, 15) is 28.6 Å². The van der Waals surface area contributed by atoms with Gasteiger partial charge in [0.1, 0.15) is 22.3 Å². The number of carbonyl (C=O) groups is 2. The minimum absolute atomic E-state index is 0.00472. The molecule has 1 aliphatic rings. The first-order valence-electron chi connectivity index (χ1n) is 11.2. The van der Waals surface area contributed by atoms with Crippen LogP contribution in [0.4, 0.5) is 19.6 Å². The third kappa shape index (κ3) is 4.63. The highest BCUT2D eigenvalue weighted by Gasteiger charge is 2.31. The second-order valence-electron chi connectivity index (χ2n) is 9.23. The maximum atomic E-state index is 14.9. The number of hydrogen-bond acceptors (Lipinski definition) is 8. The molecule has 1 aliphatic heterocycles. The van der Waals surface area contributed by atoms with Crippen molar-refractivity contribution in [3.8, 4) is 10.4 Å². The van der Waals surface area contributed by atoms with E-state index in [1.807, 2.05) is 0 Å². The number of imidazole rings is 1. The minimum atomic E-state index is -1.45. The molecule has 13 heteroatoms. The number of fused-ring (bicyclic) bond motifs is 1. The first-order valence-corrected chi connectivity index (χ1v) is 12.0. The van der Waals surface area contributed by atoms with Gasteiger partial charge in [0, 0.05) is 18.0 Å². The molecule has 1 saturated heterocycles. The van der Waals surface area contributed by atoms with Crippen molar-refractivity contribution in [2.24, 2.45) is 5.73 Å². The molecular formula is C24H22F2N6O4S. The topological polar surface area (TPSA) is 146 Å². The number of aliphatic hydroxyl groups is 2. The van der Waals surface area contributed by atoms with Crippen molar-refractivity contribution in [3.05, 3.63) is 65.0 Å². The molecule has 10 nitrogen and oxygen atoms in total. The number of nitrogens with zero attached hydrogens (tertiary/aromatic N) is 4. The van der Waals surface area contributed by atoms with E-state index in [1.165, 1.54) is 35.5 Å². The van der Waals surface area contributed by atoms with E-state index in [-0.39, 0.29) is 57.1 Å². The van der Waals surface area contributed by atoms with Gasteiger partial charge in [0.25, 0.3) is 11.8 Å². The van der Waals surface area contributed by atoms with Gasteiger partial charge in [-0.05, 0) is 49.7 Å². The van der Waals surface area contributed by atoms with E-state index < -0.39 is 29.2 Å². The van der Waals surface area contributed by atoms with Crippen molar-refractivity contribution < 1.29 is 28.6 Å². The fourth-order valence-electron chi connectivity index (χ4n) is 3.90. The summed E-state index contributed by atoms with van der Waals surface area (Å²) in [6.07, 6.45) is 0.906. The molecule has 4 aromatic rings. The highest BCUT2D eigenvalue weighted by atomic mass is 32.1. The number of likely N-dealkylation sites (tertiary alicyclic amines) is 1. The predicted molar refractivity (Wildman–Crippen MR) is 132 cm³/mol. The molecule has 2 amide bonds. The molecule has 192 valence electrons. The Balaban J connectivity index is 1.46. The van der Waals surface area contributed by atoms with E-state index in [0.29, 0.717) is 5.65 Å². The van der Waals surface area contributed by atoms with E-state index in [4.69, 9.17) is 5.73 Å². The molecule has 3 aromatic heterocycles. The van der Waals surface area contributed by atoms with Gasteiger partial charge in [-0.2, -0.15) is 0 Å². The van der Waals surface area contributed by atoms with Crippen LogP contribution < -0.4 is 11.1 Å². The normalized spacial score (nSPS) is 14.2. The third-order valence-corrected chi connectivity index (χ3v) is 6.99. The largest absolute Gasteiger partial charge is 0.389 e. The highest BCUT2D eigenvalue weighted by Crippen LogP contribution is 2.40. The Hall–Kier alpha value is -3.94. The zero-order chi connectivity index (χ0) is 26.6. The number of halogens is 2. The monoisotopic (exact) mass is 528 g/mol. The SMILES string of the molecule is CC(C)(O)c1cc(F)c(-c2cc(C(N)=O)c(Nc3ccc4nc(C(=O)N5CC(O)C5)cn4n3)s2)c(F)c1. The van der Waals surface area contributed by atoms with Crippen LogP contribution in [0.15, 0.2) is 36.5 Å². The molecule has 5 N–H and O–H groups in total. The number of carbonyl (C=O) groups excluding carboxylic acids is 2. The highest BCUT2D eigenvalue weighted by molar-refractivity contribution is 7.20. The van der Waals surface area contributed by atoms with Crippen LogP contribution in [0.5, 0.6) is 0 Å². The molecule has 0 spiro atoms. The number of hydrogen-bond donors (Lipinski definition) is 4. The molecular weight excluding hydrogens is 506 g/mol. The van der Waals surface area contributed by atoms with E-state index >= 15 is 0 Å². The van der Waals surface area contributed by atoms with Crippen LogP contribution in [0.3, 0.4) is 0 Å². The predicted octanol–water partition coefficient (Wildman–Crippen LogP) is 2.62. The van der Waals surface area contributed by atoms with Crippen molar-refractivity contribution in [3.63, 3.8) is 0 Å². The lowest BCUT2D eigenvalue weighted by molar-refractivity contribution is 0.00554. The van der Waals surface area contributed by atoms with Crippen LogP contribution >= 0.6 is 11.3 Å². The molecule has 0 bridgehead atoms. The lowest BCUT2D eigenvalue weighted by Gasteiger charge is -2.35. The molecule has 0 radical (unpaired) electrons. The Morgan fingerprint density at radius 1 is 1.19 bits per heavy atom. The summed E-state index contributed by atoms with van der Waals surface area (Å²) in [5.74, 6) is -2.68. The molecule has 0 saturated carbocycles. The van der Waals surface area contributed by atoms with Gasteiger partial charge in [-0.25, -0.2) is 18.3 Å². The number of rotatable bonds is 6. The molecule has 0 unspecified atom stereocenters. The number of anilines is 2. The van der Waals surface area contributed by atoms with Gasteiger partial charge in [0.15, 0.2) is 11.5 Å². The lowest BCUT2D eigenvalue weighted by atomic mass is 9.96. The second kappa shape index (κ2) is 8.87. The van der Waals surface area contributed by atoms with Crippen LogP contribution in [0.1, 0.15) is 40.3 Å². The van der Waals surface area contributed by atoms with Crippen molar-refractivity contribution >= 4 is 39.6 Å². The van der Waals surface area contributed by atoms with Gasteiger partial charge in [0.2, 0.25) is 0 Å². The molecule has 1 fully saturated rings. The minimum Gasteiger partial charge on any atom is -0.389 e. The first kappa shape index (κ1) is 24.7.